The summed E-state index contributed by atoms with van der Waals surface area (Å²) >= 11 is 0. The number of nitrogens with one attached hydrogen (secondary N) is 1. The first-order valence-corrected chi connectivity index (χ1v) is 8.14. The molecule has 1 atom stereocenters. The molecule has 0 spiro atoms. The third-order valence-electron chi connectivity index (χ3n) is 3.48. The largest absolute Gasteiger partial charge is 0.481 e. The van der Waals surface area contributed by atoms with Crippen molar-refractivity contribution in [1.82, 2.24) is 10.2 Å². The molecule has 1 aliphatic rings. The lowest BCUT2D eigenvalue weighted by Crippen LogP contribution is -2.40. The maximum absolute atomic E-state index is 12.2. The van der Waals surface area contributed by atoms with Crippen molar-refractivity contribution in [2.24, 2.45) is 0 Å². The highest BCUT2D eigenvalue weighted by atomic mass is 16.6. The van der Waals surface area contributed by atoms with E-state index in [-0.39, 0.29) is 18.6 Å². The van der Waals surface area contributed by atoms with Crippen molar-refractivity contribution in [2.45, 2.75) is 77.5 Å². The number of hydrogen-bond acceptors (Lipinski definition) is 4. The van der Waals surface area contributed by atoms with Crippen molar-refractivity contribution in [2.75, 3.05) is 13.1 Å². The van der Waals surface area contributed by atoms with Crippen LogP contribution in [-0.4, -0.2) is 52.8 Å². The third-order valence-corrected chi connectivity index (χ3v) is 3.48. The SMILES string of the molecule is CC(CCC(=O)O)NCCCN(C(=O)OC(C)(C)C)C1CC1. The second-order valence-electron chi connectivity index (χ2n) is 7.05. The van der Waals surface area contributed by atoms with Gasteiger partial charge in [0.1, 0.15) is 5.60 Å². The number of amides is 1. The van der Waals surface area contributed by atoms with Crippen LogP contribution >= 0.6 is 0 Å². The summed E-state index contributed by atoms with van der Waals surface area (Å²) in [5, 5.41) is 11.9. The van der Waals surface area contributed by atoms with Crippen molar-refractivity contribution in [3.63, 3.8) is 0 Å². The Morgan fingerprint density at radius 3 is 2.50 bits per heavy atom. The van der Waals surface area contributed by atoms with Crippen molar-refractivity contribution in [3.05, 3.63) is 0 Å². The van der Waals surface area contributed by atoms with E-state index in [1.54, 1.807) is 0 Å². The summed E-state index contributed by atoms with van der Waals surface area (Å²) in [7, 11) is 0. The van der Waals surface area contributed by atoms with Crippen molar-refractivity contribution in [3.8, 4) is 0 Å². The standard InChI is InChI=1S/C16H30N2O4/c1-12(6-9-14(19)20)17-10-5-11-18(13-7-8-13)15(21)22-16(2,3)4/h12-13,17H,5-11H2,1-4H3,(H,19,20). The van der Waals surface area contributed by atoms with E-state index in [0.29, 0.717) is 19.0 Å². The van der Waals surface area contributed by atoms with Crippen molar-refractivity contribution in [1.29, 1.82) is 0 Å². The first-order valence-electron chi connectivity index (χ1n) is 8.14. The van der Waals surface area contributed by atoms with Gasteiger partial charge < -0.3 is 20.1 Å². The van der Waals surface area contributed by atoms with Crippen LogP contribution in [0.3, 0.4) is 0 Å². The summed E-state index contributed by atoms with van der Waals surface area (Å²) in [5.74, 6) is -0.765. The molecule has 0 aliphatic heterocycles. The number of carbonyl (C=O) groups is 2. The summed E-state index contributed by atoms with van der Waals surface area (Å²) in [6, 6.07) is 0.506. The van der Waals surface area contributed by atoms with Gasteiger partial charge in [0.25, 0.3) is 0 Å². The Bertz CT molecular complexity index is 375. The van der Waals surface area contributed by atoms with E-state index in [9.17, 15) is 9.59 Å². The summed E-state index contributed by atoms with van der Waals surface area (Å²) in [6.07, 6.45) is 3.53. The van der Waals surface area contributed by atoms with Crippen molar-refractivity contribution >= 4 is 12.1 Å². The van der Waals surface area contributed by atoms with Gasteiger partial charge in [-0.05, 0) is 59.9 Å². The summed E-state index contributed by atoms with van der Waals surface area (Å²) in [6.45, 7) is 9.06. The molecule has 6 nitrogen and oxygen atoms in total. The van der Waals surface area contributed by atoms with Gasteiger partial charge in [0.15, 0.2) is 0 Å². The maximum Gasteiger partial charge on any atom is 0.410 e. The summed E-state index contributed by atoms with van der Waals surface area (Å²) < 4.78 is 5.45. The molecule has 1 rings (SSSR count). The molecule has 0 aromatic carbocycles. The first-order chi connectivity index (χ1) is 10.2. The van der Waals surface area contributed by atoms with Crippen LogP contribution < -0.4 is 5.32 Å². The smallest absolute Gasteiger partial charge is 0.410 e. The molecule has 1 unspecified atom stereocenters. The van der Waals surface area contributed by atoms with E-state index in [0.717, 1.165) is 25.8 Å². The molecular weight excluding hydrogens is 284 g/mol. The Labute approximate surface area is 133 Å². The topological polar surface area (TPSA) is 78.9 Å². The van der Waals surface area contributed by atoms with Crippen LogP contribution in [0.15, 0.2) is 0 Å². The molecule has 1 saturated carbocycles. The summed E-state index contributed by atoms with van der Waals surface area (Å²) in [5.41, 5.74) is -0.464. The Morgan fingerprint density at radius 1 is 1.36 bits per heavy atom. The number of carbonyl (C=O) groups excluding carboxylic acids is 1. The van der Waals surface area contributed by atoms with Crippen LogP contribution in [0.4, 0.5) is 4.79 Å². The molecule has 0 radical (unpaired) electrons. The fraction of sp³-hybridized carbons (Fsp3) is 0.875. The fourth-order valence-electron chi connectivity index (χ4n) is 2.17. The quantitative estimate of drug-likeness (QED) is 0.640. The minimum Gasteiger partial charge on any atom is -0.481 e. The Morgan fingerprint density at radius 2 is 2.00 bits per heavy atom. The molecule has 1 aliphatic carbocycles. The number of nitrogens with zero attached hydrogens (tertiary/aromatic N) is 1. The fourth-order valence-corrected chi connectivity index (χ4v) is 2.17. The lowest BCUT2D eigenvalue weighted by Gasteiger charge is -2.27. The highest BCUT2D eigenvalue weighted by Gasteiger charge is 2.34. The van der Waals surface area contributed by atoms with Gasteiger partial charge in [-0.3, -0.25) is 4.79 Å². The normalized spacial score (nSPS) is 16.2. The number of rotatable bonds is 9. The minimum atomic E-state index is -0.765. The molecule has 2 N–H and O–H groups in total. The molecule has 0 aromatic rings. The average Bonchev–Trinajstić information content (AvgIpc) is 3.18. The average molecular weight is 314 g/mol. The van der Waals surface area contributed by atoms with Crippen LogP contribution in [0.1, 0.15) is 59.8 Å². The number of carboxylic acids is 1. The predicted octanol–water partition coefficient (Wildman–Crippen LogP) is 2.62. The van der Waals surface area contributed by atoms with Crippen LogP contribution in [0.2, 0.25) is 0 Å². The number of aliphatic carboxylic acids is 1. The van der Waals surface area contributed by atoms with Crippen LogP contribution in [0, 0.1) is 0 Å². The first kappa shape index (κ1) is 18.7. The second kappa shape index (κ2) is 8.36. The second-order valence-corrected chi connectivity index (χ2v) is 7.05. The summed E-state index contributed by atoms with van der Waals surface area (Å²) in [4.78, 5) is 24.5. The van der Waals surface area contributed by atoms with E-state index in [2.05, 4.69) is 5.32 Å². The molecule has 0 aromatic heterocycles. The van der Waals surface area contributed by atoms with Gasteiger partial charge in [0.2, 0.25) is 0 Å². The van der Waals surface area contributed by atoms with E-state index < -0.39 is 11.6 Å². The highest BCUT2D eigenvalue weighted by molar-refractivity contribution is 5.69. The molecule has 128 valence electrons. The van der Waals surface area contributed by atoms with Gasteiger partial charge in [0.05, 0.1) is 0 Å². The Balaban J connectivity index is 2.25. The zero-order valence-corrected chi connectivity index (χ0v) is 14.2. The predicted molar refractivity (Wildman–Crippen MR) is 84.9 cm³/mol. The lowest BCUT2D eigenvalue weighted by molar-refractivity contribution is -0.137. The molecule has 1 fully saturated rings. The Kier molecular flexibility index (Phi) is 7.13. The van der Waals surface area contributed by atoms with Gasteiger partial charge in [-0.1, -0.05) is 0 Å². The molecule has 0 bridgehead atoms. The van der Waals surface area contributed by atoms with Gasteiger partial charge in [0, 0.05) is 25.0 Å². The minimum absolute atomic E-state index is 0.173. The lowest BCUT2D eigenvalue weighted by atomic mass is 10.2. The number of hydrogen-bond donors (Lipinski definition) is 2. The monoisotopic (exact) mass is 314 g/mol. The zero-order chi connectivity index (χ0) is 16.8. The van der Waals surface area contributed by atoms with E-state index >= 15 is 0 Å². The van der Waals surface area contributed by atoms with Gasteiger partial charge in [-0.2, -0.15) is 0 Å². The Hall–Kier alpha value is -1.30. The molecular formula is C16H30N2O4. The number of ether oxygens (including phenoxy) is 1. The third kappa shape index (κ3) is 8.22. The highest BCUT2D eigenvalue weighted by Crippen LogP contribution is 2.28. The molecule has 1 amide bonds. The van der Waals surface area contributed by atoms with E-state index in [1.807, 2.05) is 32.6 Å². The van der Waals surface area contributed by atoms with Crippen LogP contribution in [0.25, 0.3) is 0 Å². The number of carboxylic acid groups (broad SMARTS) is 1. The zero-order valence-electron chi connectivity index (χ0n) is 14.2. The van der Waals surface area contributed by atoms with Crippen molar-refractivity contribution < 1.29 is 19.4 Å². The van der Waals surface area contributed by atoms with Gasteiger partial charge in [-0.15, -0.1) is 0 Å². The van der Waals surface area contributed by atoms with Crippen LogP contribution in [-0.2, 0) is 9.53 Å². The van der Waals surface area contributed by atoms with Gasteiger partial charge in [-0.25, -0.2) is 4.79 Å². The maximum atomic E-state index is 12.2. The van der Waals surface area contributed by atoms with Crippen LogP contribution in [0.5, 0.6) is 0 Å². The molecule has 0 heterocycles. The molecule has 22 heavy (non-hydrogen) atoms. The van der Waals surface area contributed by atoms with E-state index in [4.69, 9.17) is 9.84 Å². The van der Waals surface area contributed by atoms with Gasteiger partial charge >= 0.3 is 12.1 Å². The van der Waals surface area contributed by atoms with E-state index in [1.165, 1.54) is 0 Å². The molecule has 6 heteroatoms. The molecule has 0 saturated heterocycles.